The van der Waals surface area contributed by atoms with Crippen LogP contribution in [0.4, 0.5) is 0 Å². The molecule has 0 N–H and O–H groups in total. The Kier molecular flexibility index (Phi) is 2.85. The Bertz CT molecular complexity index is 214. The summed E-state index contributed by atoms with van der Waals surface area (Å²) in [4.78, 5) is 12.1. The van der Waals surface area contributed by atoms with Crippen molar-refractivity contribution in [3.63, 3.8) is 0 Å². The van der Waals surface area contributed by atoms with Gasteiger partial charge in [0.2, 0.25) is 0 Å². The van der Waals surface area contributed by atoms with Crippen LogP contribution < -0.4 is 0 Å². The molecule has 4 heteroatoms. The summed E-state index contributed by atoms with van der Waals surface area (Å²) in [6, 6.07) is 0. The lowest BCUT2D eigenvalue weighted by atomic mass is 9.87. The van der Waals surface area contributed by atoms with Gasteiger partial charge in [-0.15, -0.1) is 0 Å². The Morgan fingerprint density at radius 2 is 2.29 bits per heavy atom. The topological polar surface area (TPSA) is 44.8 Å². The summed E-state index contributed by atoms with van der Waals surface area (Å²) in [6.07, 6.45) is 1.50. The number of rotatable bonds is 3. The zero-order chi connectivity index (χ0) is 10.0. The third-order valence-corrected chi connectivity index (χ3v) is 3.13. The van der Waals surface area contributed by atoms with E-state index in [0.29, 0.717) is 32.8 Å². The van der Waals surface area contributed by atoms with E-state index < -0.39 is 5.60 Å². The summed E-state index contributed by atoms with van der Waals surface area (Å²) in [5.41, 5.74) is -0.682. The Labute approximate surface area is 83.5 Å². The number of ketones is 1. The second-order valence-corrected chi connectivity index (χ2v) is 3.93. The molecule has 0 bridgehead atoms. The third-order valence-electron chi connectivity index (χ3n) is 3.13. The van der Waals surface area contributed by atoms with E-state index in [0.717, 1.165) is 6.42 Å². The lowest BCUT2D eigenvalue weighted by Gasteiger charge is -2.26. The molecule has 0 aliphatic carbocycles. The van der Waals surface area contributed by atoms with E-state index in [2.05, 4.69) is 0 Å². The molecule has 4 nitrogen and oxygen atoms in total. The van der Waals surface area contributed by atoms with Crippen LogP contribution in [0.5, 0.6) is 0 Å². The van der Waals surface area contributed by atoms with Crippen molar-refractivity contribution in [2.75, 3.05) is 33.5 Å². The van der Waals surface area contributed by atoms with Gasteiger partial charge in [0, 0.05) is 26.1 Å². The van der Waals surface area contributed by atoms with Gasteiger partial charge in [0.1, 0.15) is 0 Å². The number of carbonyl (C=O) groups is 1. The van der Waals surface area contributed by atoms with E-state index in [9.17, 15) is 4.79 Å². The van der Waals surface area contributed by atoms with Crippen LogP contribution in [0.2, 0.25) is 0 Å². The molecule has 0 amide bonds. The molecule has 2 unspecified atom stereocenters. The average Bonchev–Trinajstić information content (AvgIpc) is 2.89. The Balaban J connectivity index is 2.06. The predicted molar refractivity (Wildman–Crippen MR) is 49.1 cm³/mol. The number of hydrogen-bond acceptors (Lipinski definition) is 4. The van der Waals surface area contributed by atoms with Gasteiger partial charge in [0.05, 0.1) is 19.8 Å². The van der Waals surface area contributed by atoms with Crippen LogP contribution in [0.25, 0.3) is 0 Å². The van der Waals surface area contributed by atoms with Crippen LogP contribution in [-0.4, -0.2) is 44.9 Å². The van der Waals surface area contributed by atoms with Gasteiger partial charge in [0.25, 0.3) is 0 Å². The molecule has 2 rings (SSSR count). The van der Waals surface area contributed by atoms with E-state index in [1.54, 1.807) is 7.11 Å². The first kappa shape index (κ1) is 10.1. The van der Waals surface area contributed by atoms with Gasteiger partial charge >= 0.3 is 0 Å². The molecule has 2 aliphatic rings. The summed E-state index contributed by atoms with van der Waals surface area (Å²) in [5.74, 6) is 0.173. The third kappa shape index (κ3) is 1.58. The highest BCUT2D eigenvalue weighted by Gasteiger charge is 2.46. The summed E-state index contributed by atoms with van der Waals surface area (Å²) >= 11 is 0. The maximum absolute atomic E-state index is 12.1. The maximum Gasteiger partial charge on any atom is 0.172 e. The Morgan fingerprint density at radius 1 is 1.43 bits per heavy atom. The highest BCUT2D eigenvalue weighted by molar-refractivity contribution is 5.90. The van der Waals surface area contributed by atoms with Gasteiger partial charge in [-0.1, -0.05) is 0 Å². The maximum atomic E-state index is 12.1. The molecule has 2 atom stereocenters. The van der Waals surface area contributed by atoms with Crippen molar-refractivity contribution in [3.8, 4) is 0 Å². The van der Waals surface area contributed by atoms with Crippen molar-refractivity contribution in [2.24, 2.45) is 5.92 Å². The predicted octanol–water partition coefficient (Wildman–Crippen LogP) is 0.397. The fourth-order valence-corrected chi connectivity index (χ4v) is 2.12. The summed E-state index contributed by atoms with van der Waals surface area (Å²) < 4.78 is 15.8. The second kappa shape index (κ2) is 3.96. The van der Waals surface area contributed by atoms with E-state index in [-0.39, 0.29) is 11.7 Å². The number of Topliss-reactive ketones (excluding diaryl/α,β-unsaturated/α-hetero) is 1. The van der Waals surface area contributed by atoms with Crippen molar-refractivity contribution in [2.45, 2.75) is 18.4 Å². The van der Waals surface area contributed by atoms with Crippen molar-refractivity contribution in [3.05, 3.63) is 0 Å². The molecule has 14 heavy (non-hydrogen) atoms. The lowest BCUT2D eigenvalue weighted by Crippen LogP contribution is -2.45. The highest BCUT2D eigenvalue weighted by atomic mass is 16.6. The first-order valence-corrected chi connectivity index (χ1v) is 5.03. The molecule has 2 fully saturated rings. The lowest BCUT2D eigenvalue weighted by molar-refractivity contribution is -0.145. The van der Waals surface area contributed by atoms with Crippen molar-refractivity contribution >= 4 is 5.78 Å². The van der Waals surface area contributed by atoms with Gasteiger partial charge < -0.3 is 14.2 Å². The quantitative estimate of drug-likeness (QED) is 0.661. The molecule has 0 aromatic rings. The average molecular weight is 200 g/mol. The van der Waals surface area contributed by atoms with Crippen molar-refractivity contribution in [1.82, 2.24) is 0 Å². The van der Waals surface area contributed by atoms with Crippen LogP contribution in [-0.2, 0) is 19.0 Å². The first-order chi connectivity index (χ1) is 6.78. The van der Waals surface area contributed by atoms with Crippen LogP contribution in [0.3, 0.4) is 0 Å². The van der Waals surface area contributed by atoms with Crippen LogP contribution >= 0.6 is 0 Å². The molecule has 0 spiro atoms. The molecule has 2 aliphatic heterocycles. The van der Waals surface area contributed by atoms with Gasteiger partial charge in [-0.05, 0) is 6.42 Å². The minimum absolute atomic E-state index is 0.0108. The second-order valence-electron chi connectivity index (χ2n) is 3.93. The Morgan fingerprint density at radius 3 is 2.79 bits per heavy atom. The molecule has 2 heterocycles. The first-order valence-electron chi connectivity index (χ1n) is 5.03. The van der Waals surface area contributed by atoms with E-state index >= 15 is 0 Å². The van der Waals surface area contributed by atoms with Crippen LogP contribution in [0, 0.1) is 5.92 Å². The zero-order valence-electron chi connectivity index (χ0n) is 8.45. The SMILES string of the molecule is COC1(C(=O)C2CCOC2)CCOC1. The van der Waals surface area contributed by atoms with Gasteiger partial charge in [-0.2, -0.15) is 0 Å². The molecule has 80 valence electrons. The fraction of sp³-hybridized carbons (Fsp3) is 0.900. The molecular formula is C10H16O4. The largest absolute Gasteiger partial charge is 0.381 e. The van der Waals surface area contributed by atoms with Gasteiger partial charge in [-0.25, -0.2) is 0 Å². The van der Waals surface area contributed by atoms with Crippen molar-refractivity contribution in [1.29, 1.82) is 0 Å². The van der Waals surface area contributed by atoms with Crippen LogP contribution in [0.1, 0.15) is 12.8 Å². The number of hydrogen-bond donors (Lipinski definition) is 0. The molecule has 2 saturated heterocycles. The highest BCUT2D eigenvalue weighted by Crippen LogP contribution is 2.29. The molecule has 0 saturated carbocycles. The number of carbonyl (C=O) groups excluding carboxylic acids is 1. The molecule has 0 aromatic carbocycles. The Hall–Kier alpha value is -0.450. The monoisotopic (exact) mass is 200 g/mol. The summed E-state index contributed by atoms with van der Waals surface area (Å²) in [5, 5.41) is 0. The minimum Gasteiger partial charge on any atom is -0.381 e. The molecule has 0 aromatic heterocycles. The summed E-state index contributed by atoms with van der Waals surface area (Å²) in [6.45, 7) is 2.26. The minimum atomic E-state index is -0.682. The normalized spacial score (nSPS) is 37.6. The molecular weight excluding hydrogens is 184 g/mol. The number of ether oxygens (including phenoxy) is 3. The van der Waals surface area contributed by atoms with Crippen molar-refractivity contribution < 1.29 is 19.0 Å². The van der Waals surface area contributed by atoms with E-state index in [4.69, 9.17) is 14.2 Å². The van der Waals surface area contributed by atoms with Gasteiger partial charge in [-0.3, -0.25) is 4.79 Å². The standard InChI is InChI=1S/C10H16O4/c1-12-10(3-5-14-7-10)9(11)8-2-4-13-6-8/h8H,2-7H2,1H3. The van der Waals surface area contributed by atoms with Gasteiger partial charge in [0.15, 0.2) is 11.4 Å². The van der Waals surface area contributed by atoms with E-state index in [1.807, 2.05) is 0 Å². The summed E-state index contributed by atoms with van der Waals surface area (Å²) in [7, 11) is 1.59. The zero-order valence-corrected chi connectivity index (χ0v) is 8.45. The fourth-order valence-electron chi connectivity index (χ4n) is 2.12. The molecule has 0 radical (unpaired) electrons. The number of methoxy groups -OCH3 is 1. The van der Waals surface area contributed by atoms with Crippen LogP contribution in [0.15, 0.2) is 0 Å². The van der Waals surface area contributed by atoms with E-state index in [1.165, 1.54) is 0 Å². The smallest absolute Gasteiger partial charge is 0.172 e.